The van der Waals surface area contributed by atoms with Gasteiger partial charge in [0, 0.05) is 19.6 Å². The molecule has 1 saturated heterocycles. The number of hydrogen-bond donors (Lipinski definition) is 2. The normalized spacial score (nSPS) is 21.5. The van der Waals surface area contributed by atoms with Gasteiger partial charge in [-0.1, -0.05) is 42.7 Å². The molecular formula is C20H31N3O. The standard InChI is InChI=1S/C20H31N3O/c1-3-21-19(23-13-12-20(15-23)10-4-5-11-20)22-14-18(24)17-8-6-16(2)7-9-17/h6-9,18,24H,3-5,10-15H2,1-2H3,(H,21,22). The van der Waals surface area contributed by atoms with Gasteiger partial charge in [0.15, 0.2) is 5.96 Å². The molecule has 24 heavy (non-hydrogen) atoms. The number of hydrogen-bond acceptors (Lipinski definition) is 2. The maximum atomic E-state index is 10.4. The minimum Gasteiger partial charge on any atom is -0.386 e. The smallest absolute Gasteiger partial charge is 0.194 e. The highest BCUT2D eigenvalue weighted by molar-refractivity contribution is 5.80. The first-order valence-corrected chi connectivity index (χ1v) is 9.40. The van der Waals surface area contributed by atoms with E-state index in [1.165, 1.54) is 37.7 Å². The number of nitrogens with zero attached hydrogens (tertiary/aromatic N) is 2. The number of likely N-dealkylation sites (tertiary alicyclic amines) is 1. The van der Waals surface area contributed by atoms with Crippen LogP contribution in [0.25, 0.3) is 0 Å². The van der Waals surface area contributed by atoms with Crippen LogP contribution in [0.4, 0.5) is 0 Å². The van der Waals surface area contributed by atoms with Gasteiger partial charge in [-0.15, -0.1) is 0 Å². The first kappa shape index (κ1) is 17.3. The van der Waals surface area contributed by atoms with Crippen molar-refractivity contribution in [2.24, 2.45) is 10.4 Å². The van der Waals surface area contributed by atoms with Crippen LogP contribution >= 0.6 is 0 Å². The Kier molecular flexibility index (Phi) is 5.44. The van der Waals surface area contributed by atoms with Crippen molar-refractivity contribution in [2.45, 2.75) is 52.1 Å². The van der Waals surface area contributed by atoms with Crippen molar-refractivity contribution in [3.05, 3.63) is 35.4 Å². The van der Waals surface area contributed by atoms with Crippen LogP contribution < -0.4 is 5.32 Å². The first-order chi connectivity index (χ1) is 11.6. The third kappa shape index (κ3) is 3.92. The molecule has 1 aromatic carbocycles. The van der Waals surface area contributed by atoms with E-state index in [0.29, 0.717) is 12.0 Å². The van der Waals surface area contributed by atoms with Gasteiger partial charge >= 0.3 is 0 Å². The summed E-state index contributed by atoms with van der Waals surface area (Å²) in [5, 5.41) is 13.8. The van der Waals surface area contributed by atoms with Gasteiger partial charge in [0.25, 0.3) is 0 Å². The summed E-state index contributed by atoms with van der Waals surface area (Å²) >= 11 is 0. The lowest BCUT2D eigenvalue weighted by Gasteiger charge is -2.26. The molecule has 4 nitrogen and oxygen atoms in total. The molecule has 1 atom stereocenters. The molecule has 1 aliphatic heterocycles. The number of aliphatic hydroxyl groups is 1. The molecule has 2 aliphatic rings. The minimum atomic E-state index is -0.540. The summed E-state index contributed by atoms with van der Waals surface area (Å²) in [6, 6.07) is 8.06. The average Bonchev–Trinajstić information content (AvgIpc) is 3.22. The number of aryl methyl sites for hydroxylation is 1. The van der Waals surface area contributed by atoms with Gasteiger partial charge in [-0.3, -0.25) is 4.99 Å². The van der Waals surface area contributed by atoms with Crippen molar-refractivity contribution in [2.75, 3.05) is 26.2 Å². The van der Waals surface area contributed by atoms with Crippen LogP contribution in [0.3, 0.4) is 0 Å². The molecule has 1 spiro atoms. The number of nitrogens with one attached hydrogen (secondary N) is 1. The molecule has 0 amide bonds. The Morgan fingerprint density at radius 3 is 2.62 bits per heavy atom. The van der Waals surface area contributed by atoms with E-state index >= 15 is 0 Å². The van der Waals surface area contributed by atoms with Crippen LogP contribution in [0.2, 0.25) is 0 Å². The van der Waals surface area contributed by atoms with Gasteiger partial charge in [-0.05, 0) is 44.1 Å². The van der Waals surface area contributed by atoms with Crippen LogP contribution in [-0.4, -0.2) is 42.1 Å². The van der Waals surface area contributed by atoms with E-state index in [9.17, 15) is 5.11 Å². The lowest BCUT2D eigenvalue weighted by Crippen LogP contribution is -2.41. The highest BCUT2D eigenvalue weighted by Crippen LogP contribution is 2.45. The predicted molar refractivity (Wildman–Crippen MR) is 99.2 cm³/mol. The molecule has 0 radical (unpaired) electrons. The fourth-order valence-corrected chi connectivity index (χ4v) is 4.14. The summed E-state index contributed by atoms with van der Waals surface area (Å²) in [5.41, 5.74) is 2.68. The van der Waals surface area contributed by atoms with Crippen LogP contribution in [0, 0.1) is 12.3 Å². The van der Waals surface area contributed by atoms with Crippen molar-refractivity contribution in [1.82, 2.24) is 10.2 Å². The van der Waals surface area contributed by atoms with Crippen LogP contribution in [0.15, 0.2) is 29.3 Å². The molecule has 1 heterocycles. The third-order valence-electron chi connectivity index (χ3n) is 5.61. The Morgan fingerprint density at radius 2 is 1.96 bits per heavy atom. The van der Waals surface area contributed by atoms with E-state index in [0.717, 1.165) is 31.2 Å². The zero-order chi connectivity index (χ0) is 17.0. The average molecular weight is 329 g/mol. The van der Waals surface area contributed by atoms with Gasteiger partial charge in [0.2, 0.25) is 0 Å². The predicted octanol–water partition coefficient (Wildman–Crippen LogP) is 3.26. The summed E-state index contributed by atoms with van der Waals surface area (Å²) < 4.78 is 0. The van der Waals surface area contributed by atoms with Crippen molar-refractivity contribution in [3.63, 3.8) is 0 Å². The SMILES string of the molecule is CCNC(=NCC(O)c1ccc(C)cc1)N1CCC2(CCCC2)C1. The van der Waals surface area contributed by atoms with Crippen molar-refractivity contribution in [1.29, 1.82) is 0 Å². The molecule has 2 N–H and O–H groups in total. The zero-order valence-corrected chi connectivity index (χ0v) is 15.1. The third-order valence-corrected chi connectivity index (χ3v) is 5.61. The van der Waals surface area contributed by atoms with E-state index in [-0.39, 0.29) is 0 Å². The van der Waals surface area contributed by atoms with E-state index in [2.05, 4.69) is 24.1 Å². The minimum absolute atomic E-state index is 0.412. The number of aliphatic imine (C=N–C) groups is 1. The molecule has 1 saturated carbocycles. The van der Waals surface area contributed by atoms with Crippen molar-refractivity contribution < 1.29 is 5.11 Å². The zero-order valence-electron chi connectivity index (χ0n) is 15.1. The number of rotatable bonds is 4. The molecule has 0 bridgehead atoms. The molecule has 4 heteroatoms. The topological polar surface area (TPSA) is 47.9 Å². The maximum Gasteiger partial charge on any atom is 0.194 e. The van der Waals surface area contributed by atoms with Crippen LogP contribution in [-0.2, 0) is 0 Å². The Bertz CT molecular complexity index is 561. The summed E-state index contributed by atoms with van der Waals surface area (Å²) in [4.78, 5) is 7.13. The van der Waals surface area contributed by atoms with E-state index in [1.807, 2.05) is 24.3 Å². The first-order valence-electron chi connectivity index (χ1n) is 9.40. The number of benzene rings is 1. The maximum absolute atomic E-state index is 10.4. The van der Waals surface area contributed by atoms with Gasteiger partial charge in [0.05, 0.1) is 12.6 Å². The van der Waals surface area contributed by atoms with E-state index in [4.69, 9.17) is 4.99 Å². The monoisotopic (exact) mass is 329 g/mol. The van der Waals surface area contributed by atoms with Crippen LogP contribution in [0.1, 0.15) is 56.3 Å². The number of guanidine groups is 1. The summed E-state index contributed by atoms with van der Waals surface area (Å²) in [7, 11) is 0. The van der Waals surface area contributed by atoms with Gasteiger partial charge in [-0.2, -0.15) is 0 Å². The Labute approximate surface area is 146 Å². The number of aliphatic hydroxyl groups excluding tert-OH is 1. The lowest BCUT2D eigenvalue weighted by atomic mass is 9.86. The summed E-state index contributed by atoms with van der Waals surface area (Å²) in [6.45, 7) is 7.65. The van der Waals surface area contributed by atoms with Gasteiger partial charge < -0.3 is 15.3 Å². The van der Waals surface area contributed by atoms with Gasteiger partial charge in [-0.25, -0.2) is 0 Å². The summed E-state index contributed by atoms with van der Waals surface area (Å²) in [6.07, 6.45) is 6.26. The fourth-order valence-electron chi connectivity index (χ4n) is 4.14. The fraction of sp³-hybridized carbons (Fsp3) is 0.650. The molecule has 1 aromatic rings. The summed E-state index contributed by atoms with van der Waals surface area (Å²) in [5.74, 6) is 0.965. The Morgan fingerprint density at radius 1 is 1.25 bits per heavy atom. The second kappa shape index (κ2) is 7.56. The lowest BCUT2D eigenvalue weighted by molar-refractivity contribution is 0.186. The second-order valence-corrected chi connectivity index (χ2v) is 7.50. The van der Waals surface area contributed by atoms with Crippen LogP contribution in [0.5, 0.6) is 0 Å². The molecule has 2 fully saturated rings. The largest absolute Gasteiger partial charge is 0.386 e. The van der Waals surface area contributed by atoms with E-state index in [1.54, 1.807) is 0 Å². The molecule has 3 rings (SSSR count). The highest BCUT2D eigenvalue weighted by atomic mass is 16.3. The Hall–Kier alpha value is -1.55. The van der Waals surface area contributed by atoms with Crippen molar-refractivity contribution >= 4 is 5.96 Å². The quantitative estimate of drug-likeness (QED) is 0.658. The van der Waals surface area contributed by atoms with E-state index < -0.39 is 6.10 Å². The van der Waals surface area contributed by atoms with Gasteiger partial charge in [0.1, 0.15) is 0 Å². The molecule has 1 aliphatic carbocycles. The second-order valence-electron chi connectivity index (χ2n) is 7.50. The molecule has 1 unspecified atom stereocenters. The van der Waals surface area contributed by atoms with Crippen molar-refractivity contribution in [3.8, 4) is 0 Å². The molecule has 132 valence electrons. The highest BCUT2D eigenvalue weighted by Gasteiger charge is 2.41. The molecular weight excluding hydrogens is 298 g/mol. The Balaban J connectivity index is 1.64. The molecule has 0 aromatic heterocycles.